The van der Waals surface area contributed by atoms with Gasteiger partial charge in [-0.25, -0.2) is 0 Å². The summed E-state index contributed by atoms with van der Waals surface area (Å²) in [5.41, 5.74) is 1.72. The largest absolute Gasteiger partial charge is 0.380 e. The van der Waals surface area contributed by atoms with Crippen molar-refractivity contribution in [2.24, 2.45) is 0 Å². The fourth-order valence-corrected chi connectivity index (χ4v) is 2.56. The van der Waals surface area contributed by atoms with Crippen molar-refractivity contribution in [2.45, 2.75) is 6.54 Å². The van der Waals surface area contributed by atoms with E-state index in [1.807, 2.05) is 24.3 Å². The van der Waals surface area contributed by atoms with Crippen LogP contribution >= 0.6 is 11.3 Å². The molecule has 0 atom stereocenters. The lowest BCUT2D eigenvalue weighted by atomic mass is 10.2. The molecule has 9 heteroatoms. The van der Waals surface area contributed by atoms with Crippen molar-refractivity contribution in [1.29, 1.82) is 0 Å². The van der Waals surface area contributed by atoms with E-state index in [2.05, 4.69) is 25.9 Å². The van der Waals surface area contributed by atoms with Crippen molar-refractivity contribution in [3.05, 3.63) is 51.4 Å². The van der Waals surface area contributed by atoms with Crippen molar-refractivity contribution >= 4 is 22.0 Å². The number of hydrogen-bond donors (Lipinski definition) is 2. The van der Waals surface area contributed by atoms with Crippen LogP contribution < -0.4 is 5.32 Å². The molecule has 8 nitrogen and oxygen atoms in total. The molecule has 0 unspecified atom stereocenters. The second-order valence-corrected chi connectivity index (χ2v) is 5.31. The molecule has 0 radical (unpaired) electrons. The van der Waals surface area contributed by atoms with E-state index in [0.29, 0.717) is 12.4 Å². The van der Waals surface area contributed by atoms with Crippen molar-refractivity contribution < 1.29 is 4.92 Å². The summed E-state index contributed by atoms with van der Waals surface area (Å²) in [4.78, 5) is 11.1. The normalized spacial score (nSPS) is 10.5. The molecular formula is C12H10N6O2S. The number of nitrogens with zero attached hydrogens (tertiary/aromatic N) is 4. The van der Waals surface area contributed by atoms with Gasteiger partial charge in [0.1, 0.15) is 0 Å². The number of nitro groups is 1. The minimum absolute atomic E-state index is 0.146. The monoisotopic (exact) mass is 302 g/mol. The molecule has 2 aromatic heterocycles. The van der Waals surface area contributed by atoms with Gasteiger partial charge < -0.3 is 5.32 Å². The van der Waals surface area contributed by atoms with Gasteiger partial charge in [0.05, 0.1) is 4.92 Å². The number of aromatic nitrogens is 4. The molecule has 0 spiro atoms. The Bertz CT molecular complexity index is 755. The van der Waals surface area contributed by atoms with Gasteiger partial charge in [0, 0.05) is 28.7 Å². The van der Waals surface area contributed by atoms with Crippen LogP contribution in [-0.4, -0.2) is 25.5 Å². The number of benzene rings is 1. The number of rotatable bonds is 5. The van der Waals surface area contributed by atoms with Crippen LogP contribution in [-0.2, 0) is 6.54 Å². The highest BCUT2D eigenvalue weighted by molar-refractivity contribution is 7.15. The van der Waals surface area contributed by atoms with Crippen LogP contribution in [0.4, 0.5) is 10.7 Å². The van der Waals surface area contributed by atoms with Gasteiger partial charge in [-0.3, -0.25) is 10.1 Å². The van der Waals surface area contributed by atoms with E-state index in [1.165, 1.54) is 6.07 Å². The fourth-order valence-electron chi connectivity index (χ4n) is 1.80. The Labute approximate surface area is 123 Å². The highest BCUT2D eigenvalue weighted by atomic mass is 32.1. The van der Waals surface area contributed by atoms with Crippen LogP contribution in [0, 0.1) is 10.1 Å². The Hall–Kier alpha value is -2.81. The zero-order valence-electron chi connectivity index (χ0n) is 10.7. The van der Waals surface area contributed by atoms with Crippen LogP contribution in [0.2, 0.25) is 0 Å². The Kier molecular flexibility index (Phi) is 3.56. The van der Waals surface area contributed by atoms with Crippen LogP contribution in [0.1, 0.15) is 4.88 Å². The lowest BCUT2D eigenvalue weighted by molar-refractivity contribution is -0.380. The summed E-state index contributed by atoms with van der Waals surface area (Å²) >= 11 is 1.16. The molecule has 3 aromatic rings. The molecule has 2 heterocycles. The van der Waals surface area contributed by atoms with E-state index in [4.69, 9.17) is 0 Å². The lowest BCUT2D eigenvalue weighted by Crippen LogP contribution is -1.97. The van der Waals surface area contributed by atoms with Crippen LogP contribution in [0.5, 0.6) is 0 Å². The maximum absolute atomic E-state index is 10.6. The third-order valence-electron chi connectivity index (χ3n) is 2.76. The number of nitrogens with one attached hydrogen (secondary N) is 2. The average Bonchev–Trinajstić information content (AvgIpc) is 3.17. The quantitative estimate of drug-likeness (QED) is 0.553. The molecule has 0 fully saturated rings. The highest BCUT2D eigenvalue weighted by Gasteiger charge is 2.09. The van der Waals surface area contributed by atoms with E-state index in [-0.39, 0.29) is 9.92 Å². The molecule has 21 heavy (non-hydrogen) atoms. The third-order valence-corrected chi connectivity index (χ3v) is 3.80. The summed E-state index contributed by atoms with van der Waals surface area (Å²) in [5.74, 6) is 0.519. The predicted molar refractivity (Wildman–Crippen MR) is 77.9 cm³/mol. The molecule has 0 aliphatic carbocycles. The van der Waals surface area contributed by atoms with Crippen LogP contribution in [0.25, 0.3) is 11.4 Å². The van der Waals surface area contributed by atoms with Crippen molar-refractivity contribution in [3.8, 4) is 11.4 Å². The standard InChI is InChI=1S/C12H10N6O2S/c19-18(20)11-5-4-10(21-11)7-13-9-3-1-2-8(6-9)12-14-16-17-15-12/h1-6,13H,7H2,(H,14,15,16,17). The zero-order valence-corrected chi connectivity index (χ0v) is 11.5. The highest BCUT2D eigenvalue weighted by Crippen LogP contribution is 2.25. The molecule has 106 valence electrons. The van der Waals surface area contributed by atoms with E-state index in [1.54, 1.807) is 6.07 Å². The van der Waals surface area contributed by atoms with Gasteiger partial charge >= 0.3 is 5.00 Å². The number of anilines is 1. The molecule has 0 aliphatic heterocycles. The first-order chi connectivity index (χ1) is 10.2. The van der Waals surface area contributed by atoms with Crippen molar-refractivity contribution in [3.63, 3.8) is 0 Å². The third kappa shape index (κ3) is 3.03. The number of tetrazole rings is 1. The first kappa shape index (κ1) is 13.2. The lowest BCUT2D eigenvalue weighted by Gasteiger charge is -2.05. The molecule has 0 saturated heterocycles. The van der Waals surface area contributed by atoms with Crippen LogP contribution in [0.15, 0.2) is 36.4 Å². The van der Waals surface area contributed by atoms with Gasteiger partial charge in [0.15, 0.2) is 0 Å². The Morgan fingerprint density at radius 2 is 2.24 bits per heavy atom. The van der Waals surface area contributed by atoms with E-state index >= 15 is 0 Å². The van der Waals surface area contributed by atoms with Crippen molar-refractivity contribution in [1.82, 2.24) is 20.6 Å². The predicted octanol–water partition coefficient (Wildman–Crippen LogP) is 2.45. The summed E-state index contributed by atoms with van der Waals surface area (Å²) < 4.78 is 0. The van der Waals surface area contributed by atoms with Gasteiger partial charge in [0.2, 0.25) is 5.82 Å². The summed E-state index contributed by atoms with van der Waals surface area (Å²) in [7, 11) is 0. The van der Waals surface area contributed by atoms with Gasteiger partial charge in [-0.05, 0) is 23.4 Å². The molecule has 2 N–H and O–H groups in total. The van der Waals surface area contributed by atoms with Gasteiger partial charge in [-0.1, -0.05) is 23.5 Å². The summed E-state index contributed by atoms with van der Waals surface area (Å²) in [6, 6.07) is 10.8. The van der Waals surface area contributed by atoms with Gasteiger partial charge in [-0.2, -0.15) is 5.21 Å². The Morgan fingerprint density at radius 1 is 1.33 bits per heavy atom. The zero-order chi connectivity index (χ0) is 14.7. The van der Waals surface area contributed by atoms with E-state index in [9.17, 15) is 10.1 Å². The minimum atomic E-state index is -0.384. The molecule has 0 saturated carbocycles. The molecular weight excluding hydrogens is 292 g/mol. The minimum Gasteiger partial charge on any atom is -0.380 e. The smallest absolute Gasteiger partial charge is 0.324 e. The number of aromatic amines is 1. The second kappa shape index (κ2) is 5.67. The molecule has 1 aromatic carbocycles. The van der Waals surface area contributed by atoms with Gasteiger partial charge in [0.25, 0.3) is 0 Å². The maximum atomic E-state index is 10.6. The number of H-pyrrole nitrogens is 1. The topological polar surface area (TPSA) is 110 Å². The van der Waals surface area contributed by atoms with E-state index < -0.39 is 0 Å². The first-order valence-corrected chi connectivity index (χ1v) is 6.85. The van der Waals surface area contributed by atoms with E-state index in [0.717, 1.165) is 27.5 Å². The number of thiophene rings is 1. The summed E-state index contributed by atoms with van der Waals surface area (Å²) in [6.45, 7) is 0.522. The molecule has 3 rings (SSSR count). The van der Waals surface area contributed by atoms with Crippen LogP contribution in [0.3, 0.4) is 0 Å². The first-order valence-electron chi connectivity index (χ1n) is 6.03. The second-order valence-electron chi connectivity index (χ2n) is 4.17. The fraction of sp³-hybridized carbons (Fsp3) is 0.0833. The molecule has 0 aliphatic rings. The Balaban J connectivity index is 1.70. The molecule has 0 amide bonds. The maximum Gasteiger partial charge on any atom is 0.324 e. The van der Waals surface area contributed by atoms with Crippen molar-refractivity contribution in [2.75, 3.05) is 5.32 Å². The summed E-state index contributed by atoms with van der Waals surface area (Å²) in [6.07, 6.45) is 0. The van der Waals surface area contributed by atoms with Gasteiger partial charge in [-0.15, -0.1) is 10.2 Å². The number of hydrogen-bond acceptors (Lipinski definition) is 7. The summed E-state index contributed by atoms with van der Waals surface area (Å²) in [5, 5.41) is 27.8. The Morgan fingerprint density at radius 3 is 2.95 bits per heavy atom. The molecule has 0 bridgehead atoms. The SMILES string of the molecule is O=[N+]([O-])c1ccc(CNc2cccc(-c3nn[nH]n3)c2)s1. The average molecular weight is 302 g/mol.